The van der Waals surface area contributed by atoms with Gasteiger partial charge in [-0.2, -0.15) is 4.39 Å². The highest BCUT2D eigenvalue weighted by atomic mass is 35.5. The first-order valence-corrected chi connectivity index (χ1v) is 11.9. The highest BCUT2D eigenvalue weighted by Crippen LogP contribution is 2.40. The molecule has 0 aliphatic carbocycles. The summed E-state index contributed by atoms with van der Waals surface area (Å²) >= 11 is 7.07. The molecular formula is C25H27ClFNO3S. The Bertz CT molecular complexity index is 1150. The van der Waals surface area contributed by atoms with Gasteiger partial charge in [-0.15, -0.1) is 11.3 Å². The van der Waals surface area contributed by atoms with Gasteiger partial charge >= 0.3 is 5.97 Å². The number of thiophene rings is 1. The summed E-state index contributed by atoms with van der Waals surface area (Å²) in [4.78, 5) is 14.2. The van der Waals surface area contributed by atoms with Crippen LogP contribution < -0.4 is 4.90 Å². The molecule has 0 bridgehead atoms. The van der Waals surface area contributed by atoms with Gasteiger partial charge in [-0.3, -0.25) is 0 Å². The molecule has 1 aromatic heterocycles. The molecule has 1 fully saturated rings. The zero-order valence-electron chi connectivity index (χ0n) is 18.5. The van der Waals surface area contributed by atoms with E-state index in [0.717, 1.165) is 34.3 Å². The summed E-state index contributed by atoms with van der Waals surface area (Å²) in [5.41, 5.74) is 2.01. The maximum absolute atomic E-state index is 14.8. The molecule has 1 aliphatic heterocycles. The van der Waals surface area contributed by atoms with Gasteiger partial charge in [-0.25, -0.2) is 4.79 Å². The lowest BCUT2D eigenvalue weighted by atomic mass is 9.89. The average molecular weight is 476 g/mol. The molecule has 2 heterocycles. The second-order valence-corrected chi connectivity index (χ2v) is 10.9. The van der Waals surface area contributed by atoms with Crippen LogP contribution in [0.5, 0.6) is 0 Å². The lowest BCUT2D eigenvalue weighted by Gasteiger charge is -2.36. The van der Waals surface area contributed by atoms with Crippen molar-refractivity contribution in [3.05, 3.63) is 52.1 Å². The van der Waals surface area contributed by atoms with Crippen molar-refractivity contribution in [3.63, 3.8) is 0 Å². The number of morpholine rings is 1. The van der Waals surface area contributed by atoms with Crippen LogP contribution in [-0.2, 0) is 4.74 Å². The molecule has 0 unspecified atom stereocenters. The van der Waals surface area contributed by atoms with E-state index in [9.17, 15) is 14.3 Å². The van der Waals surface area contributed by atoms with Gasteiger partial charge in [-0.05, 0) is 48.1 Å². The second-order valence-electron chi connectivity index (χ2n) is 9.47. The molecule has 2 aromatic carbocycles. The van der Waals surface area contributed by atoms with E-state index in [2.05, 4.69) is 25.7 Å². The molecule has 32 heavy (non-hydrogen) atoms. The number of fused-ring (bicyclic) bond motifs is 1. The standard InChI is InChI=1S/C25H27ClFNO3S/c1-25(2,3)9-8-17-14-28(10-11-31-17)20-7-4-15(12-19(20)24(29)30)22-18-6-5-16(26)13-21(18)32-23(22)27/h4-7,12-13,17H,8-11,14H2,1-3H3,(H,29,30)/t17-/m1/s1. The van der Waals surface area contributed by atoms with Crippen molar-refractivity contribution in [2.24, 2.45) is 5.41 Å². The van der Waals surface area contributed by atoms with Gasteiger partial charge in [0.05, 0.1) is 24.0 Å². The van der Waals surface area contributed by atoms with Gasteiger partial charge in [0.25, 0.3) is 0 Å². The van der Waals surface area contributed by atoms with E-state index in [-0.39, 0.29) is 22.2 Å². The van der Waals surface area contributed by atoms with Crippen molar-refractivity contribution in [3.8, 4) is 11.1 Å². The number of aromatic carboxylic acids is 1. The van der Waals surface area contributed by atoms with Crippen molar-refractivity contribution >= 4 is 44.7 Å². The third-order valence-corrected chi connectivity index (χ3v) is 7.00. The summed E-state index contributed by atoms with van der Waals surface area (Å²) in [6, 6.07) is 10.4. The highest BCUT2D eigenvalue weighted by molar-refractivity contribution is 7.18. The van der Waals surface area contributed by atoms with Crippen molar-refractivity contribution in [2.75, 3.05) is 24.6 Å². The van der Waals surface area contributed by atoms with Crippen LogP contribution in [-0.4, -0.2) is 36.9 Å². The number of carboxylic acids is 1. The van der Waals surface area contributed by atoms with E-state index in [1.165, 1.54) is 0 Å². The van der Waals surface area contributed by atoms with Crippen molar-refractivity contribution in [2.45, 2.75) is 39.7 Å². The molecule has 4 nitrogen and oxygen atoms in total. The van der Waals surface area contributed by atoms with E-state index in [4.69, 9.17) is 16.3 Å². The molecule has 7 heteroatoms. The maximum Gasteiger partial charge on any atom is 0.337 e. The topological polar surface area (TPSA) is 49.8 Å². The summed E-state index contributed by atoms with van der Waals surface area (Å²) < 4.78 is 21.5. The molecule has 4 rings (SSSR count). The number of ether oxygens (including phenoxy) is 1. The van der Waals surface area contributed by atoms with Gasteiger partial charge in [0.1, 0.15) is 0 Å². The zero-order chi connectivity index (χ0) is 23.0. The molecule has 0 amide bonds. The van der Waals surface area contributed by atoms with E-state index in [1.807, 2.05) is 0 Å². The molecular weight excluding hydrogens is 449 g/mol. The van der Waals surface area contributed by atoms with E-state index < -0.39 is 5.97 Å². The first kappa shape index (κ1) is 23.0. The summed E-state index contributed by atoms with van der Waals surface area (Å²) in [5.74, 6) is -1.03. The van der Waals surface area contributed by atoms with Crippen LogP contribution in [0.2, 0.25) is 5.02 Å². The first-order valence-electron chi connectivity index (χ1n) is 10.7. The Morgan fingerprint density at radius 1 is 1.28 bits per heavy atom. The van der Waals surface area contributed by atoms with E-state index in [0.29, 0.717) is 41.5 Å². The van der Waals surface area contributed by atoms with Gasteiger partial charge in [0, 0.05) is 33.8 Å². The van der Waals surface area contributed by atoms with Gasteiger partial charge in [0.15, 0.2) is 5.13 Å². The van der Waals surface area contributed by atoms with Gasteiger partial charge < -0.3 is 14.7 Å². The largest absolute Gasteiger partial charge is 0.478 e. The van der Waals surface area contributed by atoms with Crippen molar-refractivity contribution < 1.29 is 19.0 Å². The molecule has 1 N–H and O–H groups in total. The minimum absolute atomic E-state index is 0.0623. The molecule has 0 spiro atoms. The van der Waals surface area contributed by atoms with E-state index >= 15 is 0 Å². The third kappa shape index (κ3) is 4.92. The number of hydrogen-bond acceptors (Lipinski definition) is 4. The van der Waals surface area contributed by atoms with Crippen molar-refractivity contribution in [1.82, 2.24) is 0 Å². The summed E-state index contributed by atoms with van der Waals surface area (Å²) in [5, 5.41) is 10.9. The first-order chi connectivity index (χ1) is 15.1. The summed E-state index contributed by atoms with van der Waals surface area (Å²) in [6.45, 7) is 8.44. The Hall–Kier alpha value is -2.15. The molecule has 1 saturated heterocycles. The Morgan fingerprint density at radius 2 is 2.06 bits per heavy atom. The fraction of sp³-hybridized carbons (Fsp3) is 0.400. The van der Waals surface area contributed by atoms with Crippen LogP contribution in [0, 0.1) is 10.5 Å². The van der Waals surface area contributed by atoms with Crippen LogP contribution in [0.25, 0.3) is 21.2 Å². The smallest absolute Gasteiger partial charge is 0.337 e. The van der Waals surface area contributed by atoms with Crippen LogP contribution >= 0.6 is 22.9 Å². The van der Waals surface area contributed by atoms with E-state index in [1.54, 1.807) is 36.4 Å². The number of halogens is 2. The number of rotatable bonds is 5. The SMILES string of the molecule is CC(C)(C)CC[C@@H]1CN(c2ccc(-c3c(F)sc4cc(Cl)ccc34)cc2C(=O)O)CCO1. The molecule has 1 aliphatic rings. The molecule has 0 saturated carbocycles. The number of anilines is 1. The maximum atomic E-state index is 14.8. The number of carbonyl (C=O) groups is 1. The van der Waals surface area contributed by atoms with Gasteiger partial charge in [0.2, 0.25) is 0 Å². The molecule has 0 radical (unpaired) electrons. The third-order valence-electron chi connectivity index (χ3n) is 5.82. The molecule has 1 atom stereocenters. The minimum Gasteiger partial charge on any atom is -0.478 e. The van der Waals surface area contributed by atoms with Gasteiger partial charge in [-0.1, -0.05) is 44.5 Å². The monoisotopic (exact) mass is 475 g/mol. The highest BCUT2D eigenvalue weighted by Gasteiger charge is 2.26. The summed E-state index contributed by atoms with van der Waals surface area (Å²) in [7, 11) is 0. The quantitative estimate of drug-likeness (QED) is 0.428. The average Bonchev–Trinajstić information content (AvgIpc) is 3.06. The summed E-state index contributed by atoms with van der Waals surface area (Å²) in [6.07, 6.45) is 2.02. The van der Waals surface area contributed by atoms with Crippen LogP contribution in [0.4, 0.5) is 10.1 Å². The zero-order valence-corrected chi connectivity index (χ0v) is 20.0. The van der Waals surface area contributed by atoms with Crippen LogP contribution in [0.1, 0.15) is 44.0 Å². The number of hydrogen-bond donors (Lipinski definition) is 1. The molecule has 170 valence electrons. The lowest BCUT2D eigenvalue weighted by molar-refractivity contribution is 0.0281. The Morgan fingerprint density at radius 3 is 2.78 bits per heavy atom. The number of carboxylic acid groups (broad SMARTS) is 1. The fourth-order valence-corrected chi connectivity index (χ4v) is 5.38. The predicted octanol–water partition coefficient (Wildman–Crippen LogP) is 7.09. The predicted molar refractivity (Wildman–Crippen MR) is 130 cm³/mol. The number of nitrogens with zero attached hydrogens (tertiary/aromatic N) is 1. The minimum atomic E-state index is -1.03. The van der Waals surface area contributed by atoms with Crippen molar-refractivity contribution in [1.29, 1.82) is 0 Å². The van der Waals surface area contributed by atoms with Crippen LogP contribution in [0.3, 0.4) is 0 Å². The lowest BCUT2D eigenvalue weighted by Crippen LogP contribution is -2.43. The second kappa shape index (κ2) is 9.00. The normalized spacial score (nSPS) is 17.2. The Kier molecular flexibility index (Phi) is 6.48. The molecule has 3 aromatic rings. The Balaban J connectivity index is 1.66. The number of benzene rings is 2. The fourth-order valence-electron chi connectivity index (χ4n) is 4.15. The Labute approximate surface area is 196 Å². The van der Waals surface area contributed by atoms with Crippen LogP contribution in [0.15, 0.2) is 36.4 Å².